The summed E-state index contributed by atoms with van der Waals surface area (Å²) in [5, 5.41) is 1.85. The molecule has 24 heavy (non-hydrogen) atoms. The van der Waals surface area contributed by atoms with E-state index in [4.69, 9.17) is 16.3 Å². The van der Waals surface area contributed by atoms with Gasteiger partial charge in [-0.15, -0.1) is 0 Å². The molecule has 0 radical (unpaired) electrons. The molecule has 118 valence electrons. The quantitative estimate of drug-likeness (QED) is 0.532. The molecule has 2 aromatic heterocycles. The summed E-state index contributed by atoms with van der Waals surface area (Å²) >= 11 is 6.06. The van der Waals surface area contributed by atoms with Crippen LogP contribution in [0.3, 0.4) is 0 Å². The Bertz CT molecular complexity index is 1020. The molecular weight excluding hydrogens is 320 g/mol. The lowest BCUT2D eigenvalue weighted by Crippen LogP contribution is -1.86. The van der Waals surface area contributed by atoms with Crippen LogP contribution in [0, 0.1) is 0 Å². The van der Waals surface area contributed by atoms with E-state index in [0.717, 1.165) is 43.9 Å². The topological polar surface area (TPSA) is 37.9 Å². The van der Waals surface area contributed by atoms with Gasteiger partial charge in [0.25, 0.3) is 0 Å². The van der Waals surface area contributed by atoms with Crippen molar-refractivity contribution in [2.45, 2.75) is 0 Å². The summed E-state index contributed by atoms with van der Waals surface area (Å²) in [6.45, 7) is 0. The normalized spacial score (nSPS) is 10.9. The summed E-state index contributed by atoms with van der Waals surface area (Å²) < 4.78 is 5.31. The van der Waals surface area contributed by atoms with Crippen LogP contribution in [0.1, 0.15) is 0 Å². The lowest BCUT2D eigenvalue weighted by atomic mass is 10.0. The van der Waals surface area contributed by atoms with Crippen LogP contribution >= 0.6 is 11.6 Å². The molecule has 0 saturated carbocycles. The average molecular weight is 335 g/mol. The van der Waals surface area contributed by atoms with Crippen molar-refractivity contribution in [1.82, 2.24) is 9.97 Å². The van der Waals surface area contributed by atoms with Crippen LogP contribution in [0.5, 0.6) is 5.75 Å². The van der Waals surface area contributed by atoms with E-state index in [1.54, 1.807) is 7.11 Å². The number of methoxy groups -OCH3 is 1. The van der Waals surface area contributed by atoms with E-state index in [0.29, 0.717) is 0 Å². The number of halogens is 1. The van der Waals surface area contributed by atoms with Gasteiger partial charge >= 0.3 is 0 Å². The first kappa shape index (κ1) is 14.8. The molecule has 0 bridgehead atoms. The molecule has 0 spiro atoms. The number of H-pyrrole nitrogens is 1. The van der Waals surface area contributed by atoms with Crippen LogP contribution < -0.4 is 4.74 Å². The Morgan fingerprint density at radius 1 is 0.958 bits per heavy atom. The van der Waals surface area contributed by atoms with E-state index in [1.807, 2.05) is 55.0 Å². The van der Waals surface area contributed by atoms with E-state index in [9.17, 15) is 0 Å². The average Bonchev–Trinajstić information content (AvgIpc) is 3.05. The summed E-state index contributed by atoms with van der Waals surface area (Å²) in [6, 6.07) is 16.0. The number of fused-ring (bicyclic) bond motifs is 1. The van der Waals surface area contributed by atoms with Crippen molar-refractivity contribution < 1.29 is 4.74 Å². The number of ether oxygens (including phenoxy) is 1. The summed E-state index contributed by atoms with van der Waals surface area (Å²) in [5.41, 5.74) is 5.31. The van der Waals surface area contributed by atoms with Gasteiger partial charge in [-0.3, -0.25) is 4.98 Å². The number of pyridine rings is 1. The van der Waals surface area contributed by atoms with Crippen molar-refractivity contribution in [1.29, 1.82) is 0 Å². The van der Waals surface area contributed by atoms with Gasteiger partial charge in [0.1, 0.15) is 5.75 Å². The minimum absolute atomic E-state index is 0.721. The van der Waals surface area contributed by atoms with Gasteiger partial charge in [-0.1, -0.05) is 29.8 Å². The number of nitrogens with one attached hydrogen (secondary N) is 1. The SMILES string of the molecule is COc1cccc(-c2cncc(-c3c[nH]c4cc(Cl)ccc34)c2)c1. The Kier molecular flexibility index (Phi) is 3.71. The number of rotatable bonds is 3. The van der Waals surface area contributed by atoms with Crippen molar-refractivity contribution in [2.75, 3.05) is 7.11 Å². The summed E-state index contributed by atoms with van der Waals surface area (Å²) in [4.78, 5) is 7.69. The smallest absolute Gasteiger partial charge is 0.119 e. The van der Waals surface area contributed by atoms with Gasteiger partial charge in [0, 0.05) is 51.2 Å². The van der Waals surface area contributed by atoms with Crippen molar-refractivity contribution in [2.24, 2.45) is 0 Å². The van der Waals surface area contributed by atoms with Gasteiger partial charge in [0.2, 0.25) is 0 Å². The van der Waals surface area contributed by atoms with Crippen LogP contribution in [-0.2, 0) is 0 Å². The molecule has 3 nitrogen and oxygen atoms in total. The lowest BCUT2D eigenvalue weighted by molar-refractivity contribution is 0.415. The third kappa shape index (κ3) is 2.63. The Hall–Kier alpha value is -2.78. The fraction of sp³-hybridized carbons (Fsp3) is 0.0500. The van der Waals surface area contributed by atoms with E-state index in [-0.39, 0.29) is 0 Å². The first-order chi connectivity index (χ1) is 11.7. The number of aromatic nitrogens is 2. The molecule has 0 atom stereocenters. The van der Waals surface area contributed by atoms with Crippen molar-refractivity contribution in [3.8, 4) is 28.0 Å². The molecule has 4 heteroatoms. The molecule has 4 aromatic rings. The molecule has 0 fully saturated rings. The van der Waals surface area contributed by atoms with Crippen LogP contribution in [0.25, 0.3) is 33.2 Å². The van der Waals surface area contributed by atoms with E-state index >= 15 is 0 Å². The van der Waals surface area contributed by atoms with Gasteiger partial charge in [-0.05, 0) is 35.9 Å². The highest BCUT2D eigenvalue weighted by molar-refractivity contribution is 6.31. The zero-order valence-corrected chi connectivity index (χ0v) is 13.8. The second-order valence-electron chi connectivity index (χ2n) is 5.59. The fourth-order valence-electron chi connectivity index (χ4n) is 2.88. The molecule has 0 amide bonds. The molecular formula is C20H15ClN2O. The van der Waals surface area contributed by atoms with Crippen LogP contribution in [-0.4, -0.2) is 17.1 Å². The second kappa shape index (κ2) is 6.02. The molecule has 4 rings (SSSR count). The maximum atomic E-state index is 6.06. The predicted molar refractivity (Wildman–Crippen MR) is 98.5 cm³/mol. The number of benzene rings is 2. The summed E-state index contributed by atoms with van der Waals surface area (Å²) in [7, 11) is 1.67. The molecule has 0 saturated heterocycles. The van der Waals surface area contributed by atoms with Crippen molar-refractivity contribution in [3.63, 3.8) is 0 Å². The molecule has 0 aliphatic rings. The van der Waals surface area contributed by atoms with Gasteiger partial charge in [-0.25, -0.2) is 0 Å². The predicted octanol–water partition coefficient (Wildman–Crippen LogP) is 5.56. The van der Waals surface area contributed by atoms with Crippen LogP contribution in [0.2, 0.25) is 5.02 Å². The Morgan fingerprint density at radius 3 is 2.71 bits per heavy atom. The van der Waals surface area contributed by atoms with Crippen molar-refractivity contribution >= 4 is 22.5 Å². The minimum Gasteiger partial charge on any atom is -0.497 e. The minimum atomic E-state index is 0.721. The monoisotopic (exact) mass is 334 g/mol. The van der Waals surface area contributed by atoms with Gasteiger partial charge in [0.15, 0.2) is 0 Å². The number of nitrogens with zero attached hydrogens (tertiary/aromatic N) is 1. The van der Waals surface area contributed by atoms with Gasteiger partial charge in [0.05, 0.1) is 7.11 Å². The van der Waals surface area contributed by atoms with Gasteiger partial charge < -0.3 is 9.72 Å². The Labute approximate surface area is 144 Å². The van der Waals surface area contributed by atoms with E-state index in [2.05, 4.69) is 22.1 Å². The van der Waals surface area contributed by atoms with Crippen molar-refractivity contribution in [3.05, 3.63) is 72.1 Å². The number of hydrogen-bond donors (Lipinski definition) is 1. The number of hydrogen-bond acceptors (Lipinski definition) is 2. The Balaban J connectivity index is 1.82. The van der Waals surface area contributed by atoms with Gasteiger partial charge in [-0.2, -0.15) is 0 Å². The molecule has 1 N–H and O–H groups in total. The highest BCUT2D eigenvalue weighted by atomic mass is 35.5. The number of aromatic amines is 1. The maximum absolute atomic E-state index is 6.06. The highest BCUT2D eigenvalue weighted by Crippen LogP contribution is 2.32. The zero-order valence-electron chi connectivity index (χ0n) is 13.1. The highest BCUT2D eigenvalue weighted by Gasteiger charge is 2.09. The summed E-state index contributed by atoms with van der Waals surface area (Å²) in [6.07, 6.45) is 5.73. The van der Waals surface area contributed by atoms with Crippen LogP contribution in [0.15, 0.2) is 67.1 Å². The molecule has 0 aliphatic heterocycles. The third-order valence-corrected chi connectivity index (χ3v) is 4.33. The first-order valence-electron chi connectivity index (χ1n) is 7.61. The van der Waals surface area contributed by atoms with E-state index in [1.165, 1.54) is 0 Å². The maximum Gasteiger partial charge on any atom is 0.119 e. The second-order valence-corrected chi connectivity index (χ2v) is 6.02. The van der Waals surface area contributed by atoms with Crippen LogP contribution in [0.4, 0.5) is 0 Å². The zero-order chi connectivity index (χ0) is 16.5. The lowest BCUT2D eigenvalue weighted by Gasteiger charge is -2.06. The first-order valence-corrected chi connectivity index (χ1v) is 7.99. The van der Waals surface area contributed by atoms with E-state index < -0.39 is 0 Å². The Morgan fingerprint density at radius 2 is 1.83 bits per heavy atom. The summed E-state index contributed by atoms with van der Waals surface area (Å²) in [5.74, 6) is 0.833. The largest absolute Gasteiger partial charge is 0.497 e. The molecule has 2 aromatic carbocycles. The molecule has 0 unspecified atom stereocenters. The standard InChI is InChI=1S/C20H15ClN2O/c1-24-17-4-2-3-13(8-17)14-7-15(11-22-10-14)19-12-23-20-9-16(21)5-6-18(19)20/h2-12,23H,1H3. The molecule has 0 aliphatic carbocycles. The molecule has 2 heterocycles. The third-order valence-electron chi connectivity index (χ3n) is 4.10. The fourth-order valence-corrected chi connectivity index (χ4v) is 3.06.